The maximum atomic E-state index is 11.6. The largest absolute Gasteiger partial charge is 0.488 e. The molecule has 0 saturated carbocycles. The van der Waals surface area contributed by atoms with Crippen molar-refractivity contribution in [2.75, 3.05) is 7.11 Å². The van der Waals surface area contributed by atoms with Gasteiger partial charge in [0.05, 0.1) is 13.2 Å². The van der Waals surface area contributed by atoms with Crippen molar-refractivity contribution in [2.45, 2.75) is 52.1 Å². The highest BCUT2D eigenvalue weighted by Gasteiger charge is 2.19. The second-order valence-electron chi connectivity index (χ2n) is 4.71. The summed E-state index contributed by atoms with van der Waals surface area (Å²) in [5.41, 5.74) is -0.254. The van der Waals surface area contributed by atoms with Crippen molar-refractivity contribution in [1.29, 1.82) is 0 Å². The van der Waals surface area contributed by atoms with Crippen LogP contribution in [0.2, 0.25) is 0 Å². The van der Waals surface area contributed by atoms with E-state index in [9.17, 15) is 4.79 Å². The molecule has 0 bridgehead atoms. The minimum Gasteiger partial charge on any atom is -0.488 e. The summed E-state index contributed by atoms with van der Waals surface area (Å²) in [6, 6.07) is -0.419. The van der Waals surface area contributed by atoms with Crippen LogP contribution in [0.3, 0.4) is 0 Å². The van der Waals surface area contributed by atoms with Gasteiger partial charge in [-0.15, -0.1) is 0 Å². The van der Waals surface area contributed by atoms with Crippen molar-refractivity contribution < 1.29 is 9.53 Å². The van der Waals surface area contributed by atoms with E-state index in [1.54, 1.807) is 0 Å². The number of urea groups is 1. The molecule has 0 aromatic rings. The topological polar surface area (TPSA) is 50.4 Å². The zero-order valence-electron chi connectivity index (χ0n) is 10.7. The molecular weight excluding hydrogens is 224 g/mol. The molecule has 2 N–H and O–H groups in total. The molecule has 0 heterocycles. The van der Waals surface area contributed by atoms with E-state index in [1.165, 1.54) is 7.11 Å². The first-order chi connectivity index (χ1) is 7.30. The first-order valence-electron chi connectivity index (χ1n) is 5.46. The molecule has 0 unspecified atom stereocenters. The zero-order valence-corrected chi connectivity index (χ0v) is 11.5. The summed E-state index contributed by atoms with van der Waals surface area (Å²) in [5.74, 6) is 0. The molecule has 0 aromatic heterocycles. The van der Waals surface area contributed by atoms with Crippen LogP contribution < -0.4 is 10.6 Å². The molecule has 2 amide bonds. The van der Waals surface area contributed by atoms with Crippen LogP contribution in [-0.4, -0.2) is 29.8 Å². The van der Waals surface area contributed by atoms with Crippen LogP contribution >= 0.6 is 12.2 Å². The van der Waals surface area contributed by atoms with Crippen molar-refractivity contribution in [3.05, 3.63) is 0 Å². The molecule has 0 spiro atoms. The molecule has 0 aliphatic rings. The summed E-state index contributed by atoms with van der Waals surface area (Å²) in [7, 11) is 1.52. The Morgan fingerprint density at radius 3 is 2.38 bits per heavy atom. The Labute approximate surface area is 103 Å². The summed E-state index contributed by atoms with van der Waals surface area (Å²) in [6.07, 6.45) is 1.72. The van der Waals surface area contributed by atoms with Crippen LogP contribution in [0.25, 0.3) is 0 Å². The Balaban J connectivity index is 4.29. The van der Waals surface area contributed by atoms with Gasteiger partial charge in [-0.2, -0.15) is 0 Å². The van der Waals surface area contributed by atoms with E-state index in [1.807, 2.05) is 27.7 Å². The first-order valence-corrected chi connectivity index (χ1v) is 5.87. The minimum absolute atomic E-state index is 0.202. The average molecular weight is 246 g/mol. The van der Waals surface area contributed by atoms with Crippen LogP contribution in [0.5, 0.6) is 0 Å². The van der Waals surface area contributed by atoms with E-state index < -0.39 is 0 Å². The Morgan fingerprint density at radius 1 is 1.44 bits per heavy atom. The summed E-state index contributed by atoms with van der Waals surface area (Å²) >= 11 is 5.04. The average Bonchev–Trinajstić information content (AvgIpc) is 2.13. The lowest BCUT2D eigenvalue weighted by molar-refractivity contribution is 0.228. The van der Waals surface area contributed by atoms with Crippen molar-refractivity contribution in [1.82, 2.24) is 10.6 Å². The molecule has 5 heteroatoms. The second-order valence-corrected chi connectivity index (χ2v) is 5.12. The van der Waals surface area contributed by atoms with Crippen LogP contribution in [0.4, 0.5) is 4.79 Å². The van der Waals surface area contributed by atoms with E-state index in [-0.39, 0.29) is 17.6 Å². The number of carbonyl (C=O) groups excluding carboxylic acids is 1. The smallest absolute Gasteiger partial charge is 0.315 e. The molecule has 0 aromatic carbocycles. The highest BCUT2D eigenvalue weighted by atomic mass is 32.1. The fourth-order valence-corrected chi connectivity index (χ4v) is 1.39. The number of hydrogen-bond acceptors (Lipinski definition) is 3. The minimum atomic E-state index is -0.254. The monoisotopic (exact) mass is 246 g/mol. The predicted octanol–water partition coefficient (Wildman–Crippen LogP) is 2.23. The summed E-state index contributed by atoms with van der Waals surface area (Å²) in [4.78, 5) is 11.6. The lowest BCUT2D eigenvalue weighted by Gasteiger charge is -2.24. The lowest BCUT2D eigenvalue weighted by Crippen LogP contribution is -2.51. The second kappa shape index (κ2) is 6.68. The molecule has 1 atom stereocenters. The summed E-state index contributed by atoms with van der Waals surface area (Å²) in [5, 5.41) is 6.05. The van der Waals surface area contributed by atoms with Gasteiger partial charge in [0.15, 0.2) is 5.05 Å². The fourth-order valence-electron chi connectivity index (χ4n) is 1.21. The number of thiocarbonyl (C=S) groups is 1. The molecule has 4 nitrogen and oxygen atoms in total. The Bertz CT molecular complexity index is 249. The summed E-state index contributed by atoms with van der Waals surface area (Å²) < 4.78 is 4.98. The fraction of sp³-hybridized carbons (Fsp3) is 0.818. The van der Waals surface area contributed by atoms with Crippen molar-refractivity contribution in [2.24, 2.45) is 0 Å². The Morgan fingerprint density at radius 2 is 2.00 bits per heavy atom. The Kier molecular flexibility index (Phi) is 6.33. The van der Waals surface area contributed by atoms with Crippen LogP contribution in [-0.2, 0) is 4.74 Å². The number of methoxy groups -OCH3 is 1. The molecular formula is C11H22N2O2S. The van der Waals surface area contributed by atoms with Crippen LogP contribution in [0, 0.1) is 0 Å². The number of ether oxygens (including phenoxy) is 1. The molecule has 0 saturated heterocycles. The van der Waals surface area contributed by atoms with Gasteiger partial charge in [-0.3, -0.25) is 0 Å². The van der Waals surface area contributed by atoms with E-state index in [4.69, 9.17) is 17.0 Å². The van der Waals surface area contributed by atoms with Gasteiger partial charge in [0.2, 0.25) is 0 Å². The van der Waals surface area contributed by atoms with Gasteiger partial charge in [-0.05, 0) is 39.4 Å². The number of amides is 2. The molecule has 0 rings (SSSR count). The number of hydrogen-bond donors (Lipinski definition) is 2. The van der Waals surface area contributed by atoms with Crippen molar-refractivity contribution >= 4 is 23.3 Å². The lowest BCUT2D eigenvalue weighted by atomic mass is 10.1. The highest BCUT2D eigenvalue weighted by Crippen LogP contribution is 2.02. The molecule has 0 aliphatic heterocycles. The van der Waals surface area contributed by atoms with Gasteiger partial charge in [-0.1, -0.05) is 13.3 Å². The number of nitrogens with one attached hydrogen (secondary N) is 2. The summed E-state index contributed by atoms with van der Waals surface area (Å²) in [6.45, 7) is 7.82. The molecule has 16 heavy (non-hydrogen) atoms. The van der Waals surface area contributed by atoms with Gasteiger partial charge in [-0.25, -0.2) is 4.79 Å². The normalized spacial score (nSPS) is 12.8. The Hall–Kier alpha value is -0.840. The van der Waals surface area contributed by atoms with Crippen LogP contribution in [0.1, 0.15) is 40.5 Å². The van der Waals surface area contributed by atoms with Crippen molar-refractivity contribution in [3.8, 4) is 0 Å². The molecule has 0 radical (unpaired) electrons. The third-order valence-corrected chi connectivity index (χ3v) is 2.31. The third-order valence-electron chi connectivity index (χ3n) is 1.86. The SMILES string of the molecule is CCC[C@H](NC(=O)NC(C)(C)C)C(=S)OC. The van der Waals surface area contributed by atoms with Crippen LogP contribution in [0.15, 0.2) is 0 Å². The maximum absolute atomic E-state index is 11.6. The van der Waals surface area contributed by atoms with E-state index in [0.717, 1.165) is 12.8 Å². The molecule has 94 valence electrons. The first kappa shape index (κ1) is 15.2. The van der Waals surface area contributed by atoms with Gasteiger partial charge in [0.1, 0.15) is 0 Å². The number of rotatable bonds is 4. The quantitative estimate of drug-likeness (QED) is 0.748. The van der Waals surface area contributed by atoms with E-state index >= 15 is 0 Å². The predicted molar refractivity (Wildman–Crippen MR) is 69.7 cm³/mol. The highest BCUT2D eigenvalue weighted by molar-refractivity contribution is 7.80. The molecule has 0 aliphatic carbocycles. The zero-order chi connectivity index (χ0) is 12.8. The van der Waals surface area contributed by atoms with Gasteiger partial charge >= 0.3 is 6.03 Å². The standard InChI is InChI=1S/C11H22N2O2S/c1-6-7-8(9(16)15-5)12-10(14)13-11(2,3)4/h8H,6-7H2,1-5H3,(H2,12,13,14)/t8-/m0/s1. The maximum Gasteiger partial charge on any atom is 0.315 e. The number of carbonyl (C=O) groups is 1. The van der Waals surface area contributed by atoms with Gasteiger partial charge < -0.3 is 15.4 Å². The van der Waals surface area contributed by atoms with Gasteiger partial charge in [0.25, 0.3) is 0 Å². The van der Waals surface area contributed by atoms with Gasteiger partial charge in [0, 0.05) is 5.54 Å². The molecule has 0 fully saturated rings. The van der Waals surface area contributed by atoms with E-state index in [0.29, 0.717) is 5.05 Å². The van der Waals surface area contributed by atoms with E-state index in [2.05, 4.69) is 10.6 Å². The van der Waals surface area contributed by atoms with Crippen molar-refractivity contribution in [3.63, 3.8) is 0 Å². The third kappa shape index (κ3) is 6.61.